The van der Waals surface area contributed by atoms with Crippen LogP contribution in [0.15, 0.2) is 119 Å². The van der Waals surface area contributed by atoms with E-state index < -0.39 is 12.2 Å². The second-order valence-corrected chi connectivity index (χ2v) is 13.8. The van der Waals surface area contributed by atoms with E-state index in [-0.39, 0.29) is 22.7 Å². The number of allylic oxidation sites excluding steroid dienone is 8. The fraction of sp³-hybridized carbons (Fsp3) is 0.368. The van der Waals surface area contributed by atoms with Crippen molar-refractivity contribution in [3.63, 3.8) is 0 Å². The molecule has 3 aliphatic rings. The maximum Gasteiger partial charge on any atom is 0.134 e. The molecule has 0 atom stereocenters. The van der Waals surface area contributed by atoms with Crippen molar-refractivity contribution in [2.45, 2.75) is 67.6 Å². The van der Waals surface area contributed by atoms with Gasteiger partial charge in [0, 0.05) is 33.8 Å². The molecule has 0 amide bonds. The minimum absolute atomic E-state index is 0.205. The zero-order valence-electron chi connectivity index (χ0n) is 26.1. The second-order valence-electron chi connectivity index (χ2n) is 13.8. The van der Waals surface area contributed by atoms with Gasteiger partial charge in [-0.3, -0.25) is 0 Å². The summed E-state index contributed by atoms with van der Waals surface area (Å²) in [5.41, 5.74) is 5.45. The zero-order valence-corrected chi connectivity index (χ0v) is 26.1. The van der Waals surface area contributed by atoms with Gasteiger partial charge in [-0.2, -0.15) is 0 Å². The predicted octanol–water partition coefficient (Wildman–Crippen LogP) is 8.59. The third kappa shape index (κ3) is 5.84. The van der Waals surface area contributed by atoms with Crippen LogP contribution in [0.3, 0.4) is 0 Å². The highest BCUT2D eigenvalue weighted by atomic mass is 16.5. The molecule has 42 heavy (non-hydrogen) atoms. The van der Waals surface area contributed by atoms with E-state index in [1.807, 2.05) is 86.7 Å². The van der Waals surface area contributed by atoms with Crippen LogP contribution < -0.4 is 0 Å². The molecule has 2 aromatic rings. The van der Waals surface area contributed by atoms with Crippen LogP contribution in [0.5, 0.6) is 0 Å². The average Bonchev–Trinajstić information content (AvgIpc) is 2.96. The lowest BCUT2D eigenvalue weighted by molar-refractivity contribution is -0.119. The summed E-state index contributed by atoms with van der Waals surface area (Å²) < 4.78 is 12.7. The maximum absolute atomic E-state index is 11.6. The zero-order chi connectivity index (χ0) is 30.4. The van der Waals surface area contributed by atoms with E-state index in [0.717, 1.165) is 56.5 Å². The number of aliphatic hydroxyl groups is 2. The molecule has 0 aromatic heterocycles. The SMILES string of the molecule is C/C(=C1/C=C(c2ccccc2)OC(C(C)(C)C)=C1)C1C(O)C(/C(C)=C2\C=C(c3ccccc3)OC(C(C)(C)C)=C2)C1O. The normalized spacial score (nSPS) is 26.9. The van der Waals surface area contributed by atoms with Crippen LogP contribution in [0.1, 0.15) is 66.5 Å². The van der Waals surface area contributed by atoms with Crippen molar-refractivity contribution in [3.05, 3.63) is 130 Å². The molecule has 2 heterocycles. The molecule has 0 unspecified atom stereocenters. The van der Waals surface area contributed by atoms with E-state index >= 15 is 0 Å². The summed E-state index contributed by atoms with van der Waals surface area (Å²) in [7, 11) is 0. The van der Waals surface area contributed by atoms with Crippen LogP contribution in [-0.2, 0) is 9.47 Å². The van der Waals surface area contributed by atoms with Gasteiger partial charge >= 0.3 is 0 Å². The standard InChI is InChI=1S/C38H44O4/c1-23(27-19-29(25-15-11-9-12-16-25)41-31(21-27)37(3,4)5)33-35(39)34(36(33)40)24(2)28-20-30(26-17-13-10-14-18-26)42-32(22-28)38(6,7)8/h9-22,33-36,39-40H,1-8H3/b27-23+,28-24+. The molecule has 5 rings (SSSR count). The summed E-state index contributed by atoms with van der Waals surface area (Å²) in [6, 6.07) is 20.1. The topological polar surface area (TPSA) is 58.9 Å². The van der Waals surface area contributed by atoms with E-state index in [1.54, 1.807) is 0 Å². The van der Waals surface area contributed by atoms with Crippen molar-refractivity contribution < 1.29 is 19.7 Å². The Balaban J connectivity index is 1.51. The quantitative estimate of drug-likeness (QED) is 0.390. The molecule has 0 bridgehead atoms. The Kier molecular flexibility index (Phi) is 8.00. The molecule has 2 aliphatic heterocycles. The molecule has 0 radical (unpaired) electrons. The molecule has 2 N–H and O–H groups in total. The molecule has 0 saturated heterocycles. The van der Waals surface area contributed by atoms with Crippen LogP contribution in [0.4, 0.5) is 0 Å². The molecule has 2 aromatic carbocycles. The van der Waals surface area contributed by atoms with Gasteiger partial charge in [0.25, 0.3) is 0 Å². The Morgan fingerprint density at radius 1 is 0.548 bits per heavy atom. The lowest BCUT2D eigenvalue weighted by atomic mass is 9.61. The van der Waals surface area contributed by atoms with Gasteiger partial charge in [-0.05, 0) is 49.3 Å². The van der Waals surface area contributed by atoms with Gasteiger partial charge in [-0.25, -0.2) is 0 Å². The summed E-state index contributed by atoms with van der Waals surface area (Å²) in [5.74, 6) is 2.50. The highest BCUT2D eigenvalue weighted by molar-refractivity contribution is 5.69. The molecule has 1 fully saturated rings. The van der Waals surface area contributed by atoms with Crippen LogP contribution in [0.25, 0.3) is 11.5 Å². The van der Waals surface area contributed by atoms with Crippen molar-refractivity contribution in [3.8, 4) is 0 Å². The molecular formula is C38H44O4. The van der Waals surface area contributed by atoms with E-state index in [2.05, 4.69) is 53.7 Å². The second kappa shape index (κ2) is 11.2. The highest BCUT2D eigenvalue weighted by Gasteiger charge is 2.51. The summed E-state index contributed by atoms with van der Waals surface area (Å²) in [6.45, 7) is 16.8. The van der Waals surface area contributed by atoms with Crippen molar-refractivity contribution in [2.75, 3.05) is 0 Å². The third-order valence-electron chi connectivity index (χ3n) is 8.56. The summed E-state index contributed by atoms with van der Waals surface area (Å²) in [4.78, 5) is 0. The number of ether oxygens (including phenoxy) is 2. The molecule has 0 spiro atoms. The molecule has 4 heteroatoms. The molecule has 220 valence electrons. The first-order valence-electron chi connectivity index (χ1n) is 14.9. The molecule has 1 saturated carbocycles. The van der Waals surface area contributed by atoms with Crippen LogP contribution in [-0.4, -0.2) is 22.4 Å². The van der Waals surface area contributed by atoms with Crippen molar-refractivity contribution >= 4 is 11.5 Å². The van der Waals surface area contributed by atoms with E-state index in [0.29, 0.717) is 0 Å². The van der Waals surface area contributed by atoms with Crippen LogP contribution >= 0.6 is 0 Å². The summed E-state index contributed by atoms with van der Waals surface area (Å²) >= 11 is 0. The number of rotatable bonds is 4. The number of aliphatic hydroxyl groups excluding tert-OH is 2. The van der Waals surface area contributed by atoms with Gasteiger partial charge in [0.05, 0.1) is 12.2 Å². The van der Waals surface area contributed by atoms with Crippen LogP contribution in [0, 0.1) is 22.7 Å². The first-order chi connectivity index (χ1) is 19.8. The van der Waals surface area contributed by atoms with E-state index in [1.165, 1.54) is 0 Å². The van der Waals surface area contributed by atoms with E-state index in [9.17, 15) is 10.2 Å². The van der Waals surface area contributed by atoms with E-state index in [4.69, 9.17) is 9.47 Å². The van der Waals surface area contributed by atoms with Gasteiger partial charge in [0.15, 0.2) is 0 Å². The number of hydrogen-bond acceptors (Lipinski definition) is 4. The first kappa shape index (κ1) is 29.9. The van der Waals surface area contributed by atoms with Crippen molar-refractivity contribution in [2.24, 2.45) is 22.7 Å². The van der Waals surface area contributed by atoms with Crippen LogP contribution in [0.2, 0.25) is 0 Å². The Morgan fingerprint density at radius 3 is 1.19 bits per heavy atom. The smallest absolute Gasteiger partial charge is 0.134 e. The first-order valence-corrected chi connectivity index (χ1v) is 14.9. The fourth-order valence-electron chi connectivity index (χ4n) is 5.80. The largest absolute Gasteiger partial charge is 0.461 e. The third-order valence-corrected chi connectivity index (χ3v) is 8.56. The summed E-state index contributed by atoms with van der Waals surface area (Å²) in [6.07, 6.45) is 6.75. The van der Waals surface area contributed by atoms with Gasteiger partial charge in [0.1, 0.15) is 23.0 Å². The summed E-state index contributed by atoms with van der Waals surface area (Å²) in [5, 5.41) is 23.2. The Morgan fingerprint density at radius 2 is 0.881 bits per heavy atom. The lowest BCUT2D eigenvalue weighted by Crippen LogP contribution is -2.56. The Labute approximate surface area is 251 Å². The maximum atomic E-state index is 11.6. The Hall–Kier alpha value is -3.60. The minimum Gasteiger partial charge on any atom is -0.461 e. The lowest BCUT2D eigenvalue weighted by Gasteiger charge is -2.48. The minimum atomic E-state index is -0.717. The molecule has 4 nitrogen and oxygen atoms in total. The molecular weight excluding hydrogens is 520 g/mol. The number of benzene rings is 2. The average molecular weight is 565 g/mol. The fourth-order valence-corrected chi connectivity index (χ4v) is 5.80. The van der Waals surface area contributed by atoms with Crippen molar-refractivity contribution in [1.82, 2.24) is 0 Å². The Bertz CT molecular complexity index is 1390. The van der Waals surface area contributed by atoms with Crippen molar-refractivity contribution in [1.29, 1.82) is 0 Å². The number of hydrogen-bond donors (Lipinski definition) is 2. The molecule has 1 aliphatic carbocycles. The van der Waals surface area contributed by atoms with Gasteiger partial charge < -0.3 is 19.7 Å². The van der Waals surface area contributed by atoms with Gasteiger partial charge in [-0.1, -0.05) is 113 Å². The van der Waals surface area contributed by atoms with Gasteiger partial charge in [-0.15, -0.1) is 0 Å². The monoisotopic (exact) mass is 564 g/mol. The van der Waals surface area contributed by atoms with Gasteiger partial charge in [0.2, 0.25) is 0 Å². The predicted molar refractivity (Wildman–Crippen MR) is 170 cm³/mol. The highest BCUT2D eigenvalue weighted by Crippen LogP contribution is 2.48.